The van der Waals surface area contributed by atoms with Crippen LogP contribution in [0.1, 0.15) is 70.0 Å². The summed E-state index contributed by atoms with van der Waals surface area (Å²) in [5, 5.41) is 17.7. The minimum Gasteiger partial charge on any atom is -0.391 e. The molecule has 1 aromatic carbocycles. The average molecular weight is 464 g/mol. The quantitative estimate of drug-likeness (QED) is 0.667. The van der Waals surface area contributed by atoms with E-state index in [1.807, 2.05) is 46.8 Å². The van der Waals surface area contributed by atoms with E-state index in [0.29, 0.717) is 16.5 Å². The van der Waals surface area contributed by atoms with Gasteiger partial charge in [0.05, 0.1) is 17.8 Å². The summed E-state index contributed by atoms with van der Waals surface area (Å²) in [6.07, 6.45) is -0.551. The fourth-order valence-electron chi connectivity index (χ4n) is 3.89. The molecule has 1 saturated heterocycles. The number of hydrogen-bond acceptors (Lipinski definition) is 5. The van der Waals surface area contributed by atoms with Gasteiger partial charge in [0.1, 0.15) is 17.7 Å². The van der Waals surface area contributed by atoms with Crippen molar-refractivity contribution in [3.8, 4) is 0 Å². The number of aryl methyl sites for hydroxylation is 1. The van der Waals surface area contributed by atoms with Gasteiger partial charge in [-0.2, -0.15) is 0 Å². The van der Waals surface area contributed by atoms with Gasteiger partial charge in [-0.1, -0.05) is 56.6 Å². The van der Waals surface area contributed by atoms with Crippen LogP contribution in [-0.2, 0) is 9.59 Å². The van der Waals surface area contributed by atoms with E-state index in [1.165, 1.54) is 4.90 Å². The summed E-state index contributed by atoms with van der Waals surface area (Å²) in [5.41, 5.74) is 1.59. The van der Waals surface area contributed by atoms with Crippen molar-refractivity contribution in [2.45, 2.75) is 72.1 Å². The number of amides is 2. The van der Waals surface area contributed by atoms with Crippen molar-refractivity contribution in [3.05, 3.63) is 52.4 Å². The Morgan fingerprint density at radius 3 is 2.38 bits per heavy atom. The highest BCUT2D eigenvalue weighted by atomic mass is 35.5. The second-order valence-corrected chi connectivity index (χ2v) is 8.71. The van der Waals surface area contributed by atoms with E-state index in [0.717, 1.165) is 5.56 Å². The van der Waals surface area contributed by atoms with Gasteiger partial charge < -0.3 is 19.8 Å². The van der Waals surface area contributed by atoms with Crippen molar-refractivity contribution < 1.29 is 19.2 Å². The van der Waals surface area contributed by atoms with E-state index in [4.69, 9.17) is 16.1 Å². The third-order valence-electron chi connectivity index (χ3n) is 5.48. The molecule has 1 aliphatic heterocycles. The third-order valence-corrected chi connectivity index (χ3v) is 5.73. The molecule has 176 valence electrons. The molecule has 1 fully saturated rings. The molecule has 1 aliphatic rings. The van der Waals surface area contributed by atoms with Crippen molar-refractivity contribution >= 4 is 23.4 Å². The summed E-state index contributed by atoms with van der Waals surface area (Å²) in [7, 11) is 0. The largest absolute Gasteiger partial charge is 0.391 e. The number of aliphatic hydroxyl groups is 1. The summed E-state index contributed by atoms with van der Waals surface area (Å²) in [6, 6.07) is 7.96. The first kappa shape index (κ1) is 25.9. The van der Waals surface area contributed by atoms with Gasteiger partial charge >= 0.3 is 0 Å². The van der Waals surface area contributed by atoms with Crippen LogP contribution >= 0.6 is 11.6 Å². The third kappa shape index (κ3) is 6.11. The molecule has 2 aromatic rings. The number of nitrogens with one attached hydrogen (secondary N) is 1. The monoisotopic (exact) mass is 463 g/mol. The van der Waals surface area contributed by atoms with Crippen molar-refractivity contribution in [1.82, 2.24) is 15.4 Å². The second kappa shape index (κ2) is 11.5. The Bertz CT molecular complexity index is 897. The highest BCUT2D eigenvalue weighted by Gasteiger charge is 2.43. The van der Waals surface area contributed by atoms with Crippen LogP contribution in [0, 0.1) is 12.8 Å². The molecule has 1 aromatic heterocycles. The molecule has 0 spiro atoms. The Balaban J connectivity index is 0.00000176. The van der Waals surface area contributed by atoms with Gasteiger partial charge in [-0.3, -0.25) is 9.59 Å². The molecule has 0 saturated carbocycles. The number of halogens is 1. The first-order valence-corrected chi connectivity index (χ1v) is 11.5. The molecule has 3 rings (SSSR count). The van der Waals surface area contributed by atoms with E-state index < -0.39 is 18.1 Å². The lowest BCUT2D eigenvalue weighted by Crippen LogP contribution is -2.48. The fraction of sp³-hybridized carbons (Fsp3) is 0.542. The van der Waals surface area contributed by atoms with Crippen molar-refractivity contribution in [2.24, 2.45) is 5.92 Å². The number of carbonyl (C=O) groups is 2. The van der Waals surface area contributed by atoms with Crippen molar-refractivity contribution in [2.75, 3.05) is 6.54 Å². The van der Waals surface area contributed by atoms with E-state index in [1.54, 1.807) is 25.1 Å². The molecular weight excluding hydrogens is 430 g/mol. The van der Waals surface area contributed by atoms with Crippen LogP contribution in [0.25, 0.3) is 0 Å². The summed E-state index contributed by atoms with van der Waals surface area (Å²) < 4.78 is 5.35. The zero-order valence-electron chi connectivity index (χ0n) is 19.6. The lowest BCUT2D eigenvalue weighted by molar-refractivity contribution is -0.141. The number of aromatic nitrogens is 1. The van der Waals surface area contributed by atoms with Crippen LogP contribution in [-0.4, -0.2) is 45.7 Å². The lowest BCUT2D eigenvalue weighted by atomic mass is 9.91. The van der Waals surface area contributed by atoms with Crippen molar-refractivity contribution in [1.29, 1.82) is 0 Å². The summed E-state index contributed by atoms with van der Waals surface area (Å²) in [6.45, 7) is 11.6. The van der Waals surface area contributed by atoms with E-state index >= 15 is 0 Å². The molecule has 8 heteroatoms. The number of rotatable bonds is 6. The number of benzene rings is 1. The molecule has 2 amide bonds. The topological polar surface area (TPSA) is 95.7 Å². The molecular formula is C24H34ClN3O4. The summed E-state index contributed by atoms with van der Waals surface area (Å²) in [4.78, 5) is 27.9. The lowest BCUT2D eigenvalue weighted by Gasteiger charge is -2.29. The number of β-amino-alcohol motifs (C(OH)–C–C–N with tert-alkyl or cyclic N) is 1. The minimum atomic E-state index is -0.750. The van der Waals surface area contributed by atoms with Crippen LogP contribution in [0.5, 0.6) is 0 Å². The molecule has 2 N–H and O–H groups in total. The molecule has 7 nitrogen and oxygen atoms in total. The van der Waals surface area contributed by atoms with Gasteiger partial charge in [-0.15, -0.1) is 0 Å². The van der Waals surface area contributed by atoms with E-state index in [2.05, 4.69) is 10.5 Å². The van der Waals surface area contributed by atoms with Gasteiger partial charge in [0, 0.05) is 24.1 Å². The highest BCUT2D eigenvalue weighted by molar-refractivity contribution is 6.30. The average Bonchev–Trinajstić information content (AvgIpc) is 3.35. The molecule has 0 bridgehead atoms. The molecule has 4 atom stereocenters. The predicted molar refractivity (Wildman–Crippen MR) is 124 cm³/mol. The van der Waals surface area contributed by atoms with E-state index in [9.17, 15) is 14.7 Å². The first-order chi connectivity index (χ1) is 15.2. The standard InChI is InChI=1S/C22H28ClN3O4.C2H6/c1-12(2)20(19-9-13(3)25-30-19)22(29)26-11-17(27)10-18(26)21(28)24-14(4)15-5-7-16(23)8-6-15;1-2/h5-9,12,14,17-18,20,27H,10-11H2,1-4H3,(H,24,28);1-2H3. The first-order valence-electron chi connectivity index (χ1n) is 11.1. The number of hydrogen-bond donors (Lipinski definition) is 2. The maximum absolute atomic E-state index is 13.4. The van der Waals surface area contributed by atoms with Gasteiger partial charge in [0.15, 0.2) is 0 Å². The molecule has 4 unspecified atom stereocenters. The number of nitrogens with zero attached hydrogens (tertiary/aromatic N) is 2. The maximum Gasteiger partial charge on any atom is 0.243 e. The minimum absolute atomic E-state index is 0.0562. The Labute approximate surface area is 195 Å². The number of likely N-dealkylation sites (tertiary alicyclic amines) is 1. The maximum atomic E-state index is 13.4. The Morgan fingerprint density at radius 1 is 1.22 bits per heavy atom. The Morgan fingerprint density at radius 2 is 1.84 bits per heavy atom. The Hall–Kier alpha value is -2.38. The SMILES string of the molecule is CC.Cc1cc(C(C(=O)N2CC(O)CC2C(=O)NC(C)c2ccc(Cl)cc2)C(C)C)on1. The van der Waals surface area contributed by atoms with Gasteiger partial charge in [0.25, 0.3) is 0 Å². The zero-order chi connectivity index (χ0) is 24.0. The number of carbonyl (C=O) groups excluding carboxylic acids is 2. The predicted octanol–water partition coefficient (Wildman–Crippen LogP) is 4.24. The normalized spacial score (nSPS) is 19.8. The summed E-state index contributed by atoms with van der Waals surface area (Å²) in [5.74, 6) is -0.682. The molecule has 0 aliphatic carbocycles. The van der Waals surface area contributed by atoms with Gasteiger partial charge in [-0.25, -0.2) is 0 Å². The molecule has 0 radical (unpaired) electrons. The fourth-order valence-corrected chi connectivity index (χ4v) is 4.02. The van der Waals surface area contributed by atoms with Crippen LogP contribution in [0.4, 0.5) is 0 Å². The van der Waals surface area contributed by atoms with Gasteiger partial charge in [0.2, 0.25) is 11.8 Å². The summed E-state index contributed by atoms with van der Waals surface area (Å²) >= 11 is 5.93. The van der Waals surface area contributed by atoms with Crippen LogP contribution in [0.2, 0.25) is 5.02 Å². The molecule has 2 heterocycles. The highest BCUT2D eigenvalue weighted by Crippen LogP contribution is 2.31. The van der Waals surface area contributed by atoms with Gasteiger partial charge in [-0.05, 0) is 37.5 Å². The second-order valence-electron chi connectivity index (χ2n) is 8.27. The molecule has 32 heavy (non-hydrogen) atoms. The van der Waals surface area contributed by atoms with Crippen LogP contribution < -0.4 is 5.32 Å². The zero-order valence-corrected chi connectivity index (χ0v) is 20.4. The van der Waals surface area contributed by atoms with Crippen molar-refractivity contribution in [3.63, 3.8) is 0 Å². The smallest absolute Gasteiger partial charge is 0.243 e. The van der Waals surface area contributed by atoms with E-state index in [-0.39, 0.29) is 36.7 Å². The number of aliphatic hydroxyl groups excluding tert-OH is 1. The Kier molecular flexibility index (Phi) is 9.28. The van der Waals surface area contributed by atoms with Crippen LogP contribution in [0.3, 0.4) is 0 Å². The van der Waals surface area contributed by atoms with Crippen LogP contribution in [0.15, 0.2) is 34.9 Å².